The van der Waals surface area contributed by atoms with Crippen LogP contribution in [0.4, 0.5) is 14.9 Å². The summed E-state index contributed by atoms with van der Waals surface area (Å²) >= 11 is 7.28. The highest BCUT2D eigenvalue weighted by atomic mass is 35.5. The number of rotatable bonds is 5. The smallest absolute Gasteiger partial charge is 0.319 e. The van der Waals surface area contributed by atoms with Crippen LogP contribution in [0.5, 0.6) is 0 Å². The lowest BCUT2D eigenvalue weighted by Crippen LogP contribution is -2.32. The molecule has 0 aliphatic heterocycles. The number of carbonyl (C=O) groups excluding carboxylic acids is 1. The Labute approximate surface area is 130 Å². The molecule has 2 aromatic rings. The molecule has 2 rings (SSSR count). The monoisotopic (exact) mass is 328 g/mol. The number of benzene rings is 1. The van der Waals surface area contributed by atoms with E-state index in [1.165, 1.54) is 35.6 Å². The number of hydrogen-bond donors (Lipinski definition) is 2. The number of hydrogen-bond acceptors (Lipinski definition) is 3. The molecule has 0 spiro atoms. The van der Waals surface area contributed by atoms with Gasteiger partial charge in [0.2, 0.25) is 0 Å². The Balaban J connectivity index is 1.86. The first-order valence-electron chi connectivity index (χ1n) is 6.17. The van der Waals surface area contributed by atoms with E-state index < -0.39 is 0 Å². The largest absolute Gasteiger partial charge is 0.374 e. The van der Waals surface area contributed by atoms with Gasteiger partial charge >= 0.3 is 6.03 Å². The number of thiophene rings is 1. The van der Waals surface area contributed by atoms with E-state index in [4.69, 9.17) is 16.3 Å². The summed E-state index contributed by atoms with van der Waals surface area (Å²) in [5.74, 6) is -0.352. The van der Waals surface area contributed by atoms with Crippen LogP contribution in [0.2, 0.25) is 4.34 Å². The molecule has 0 aliphatic carbocycles. The Bertz CT molecular complexity index is 603. The van der Waals surface area contributed by atoms with Crippen LogP contribution in [0.25, 0.3) is 0 Å². The van der Waals surface area contributed by atoms with Crippen LogP contribution >= 0.6 is 22.9 Å². The summed E-state index contributed by atoms with van der Waals surface area (Å²) in [6.07, 6.45) is -0.263. The minimum Gasteiger partial charge on any atom is -0.374 e. The number of anilines is 1. The second-order valence-electron chi connectivity index (χ2n) is 4.21. The third-order valence-electron chi connectivity index (χ3n) is 2.75. The zero-order chi connectivity index (χ0) is 15.2. The van der Waals surface area contributed by atoms with Gasteiger partial charge in [-0.25, -0.2) is 9.18 Å². The standard InChI is InChI=1S/C14H14ClFN2O2S/c1-20-11(12-6-7-13(15)21-12)8-17-14(19)18-10-4-2-9(16)3-5-10/h2-7,11H,8H2,1H3,(H2,17,18,19). The normalized spacial score (nSPS) is 12.0. The lowest BCUT2D eigenvalue weighted by molar-refractivity contribution is 0.107. The van der Waals surface area contributed by atoms with E-state index in [1.807, 2.05) is 6.07 Å². The summed E-state index contributed by atoms with van der Waals surface area (Å²) in [7, 11) is 1.57. The van der Waals surface area contributed by atoms with Gasteiger partial charge in [0.05, 0.1) is 10.9 Å². The van der Waals surface area contributed by atoms with Gasteiger partial charge in [0.15, 0.2) is 0 Å². The maximum atomic E-state index is 12.8. The molecule has 0 radical (unpaired) electrons. The molecular weight excluding hydrogens is 315 g/mol. The highest BCUT2D eigenvalue weighted by molar-refractivity contribution is 7.16. The summed E-state index contributed by atoms with van der Waals surface area (Å²) in [5, 5.41) is 5.31. The van der Waals surface area contributed by atoms with Gasteiger partial charge in [-0.2, -0.15) is 0 Å². The van der Waals surface area contributed by atoms with Crippen molar-refractivity contribution in [2.24, 2.45) is 0 Å². The molecule has 1 unspecified atom stereocenters. The molecule has 0 bridgehead atoms. The second-order valence-corrected chi connectivity index (χ2v) is 5.95. The van der Waals surface area contributed by atoms with Crippen molar-refractivity contribution in [3.05, 3.63) is 51.4 Å². The van der Waals surface area contributed by atoms with Crippen LogP contribution in [0.1, 0.15) is 11.0 Å². The zero-order valence-electron chi connectivity index (χ0n) is 11.2. The predicted molar refractivity (Wildman–Crippen MR) is 82.5 cm³/mol. The summed E-state index contributed by atoms with van der Waals surface area (Å²) in [6, 6.07) is 8.80. The molecule has 1 aromatic carbocycles. The summed E-state index contributed by atoms with van der Waals surface area (Å²) in [5.41, 5.74) is 0.516. The molecule has 1 aromatic heterocycles. The van der Waals surface area contributed by atoms with E-state index in [1.54, 1.807) is 13.2 Å². The minimum absolute atomic E-state index is 0.263. The van der Waals surface area contributed by atoms with Crippen molar-refractivity contribution < 1.29 is 13.9 Å². The molecule has 112 valence electrons. The van der Waals surface area contributed by atoms with Crippen LogP contribution in [0, 0.1) is 5.82 Å². The molecule has 7 heteroatoms. The fraction of sp³-hybridized carbons (Fsp3) is 0.214. The summed E-state index contributed by atoms with van der Waals surface area (Å²) in [4.78, 5) is 12.7. The number of nitrogens with one attached hydrogen (secondary N) is 2. The zero-order valence-corrected chi connectivity index (χ0v) is 12.8. The van der Waals surface area contributed by atoms with Gasteiger partial charge in [0.1, 0.15) is 11.9 Å². The van der Waals surface area contributed by atoms with Crippen molar-refractivity contribution in [1.29, 1.82) is 0 Å². The lowest BCUT2D eigenvalue weighted by atomic mass is 10.3. The Kier molecular flexibility index (Phi) is 5.55. The molecule has 2 N–H and O–H groups in total. The Morgan fingerprint density at radius 3 is 2.62 bits per heavy atom. The highest BCUT2D eigenvalue weighted by Crippen LogP contribution is 2.28. The summed E-state index contributed by atoms with van der Waals surface area (Å²) < 4.78 is 18.8. The number of amides is 2. The first kappa shape index (κ1) is 15.8. The maximum Gasteiger partial charge on any atom is 0.319 e. The van der Waals surface area contributed by atoms with Crippen LogP contribution in [-0.4, -0.2) is 19.7 Å². The van der Waals surface area contributed by atoms with Crippen LogP contribution in [0.15, 0.2) is 36.4 Å². The first-order valence-corrected chi connectivity index (χ1v) is 7.36. The fourth-order valence-electron chi connectivity index (χ4n) is 1.70. The molecule has 21 heavy (non-hydrogen) atoms. The van der Waals surface area contributed by atoms with Crippen molar-refractivity contribution in [2.75, 3.05) is 19.0 Å². The SMILES string of the molecule is COC(CNC(=O)Nc1ccc(F)cc1)c1ccc(Cl)s1. The van der Waals surface area contributed by atoms with E-state index in [2.05, 4.69) is 10.6 Å². The average molecular weight is 329 g/mol. The number of ether oxygens (including phenoxy) is 1. The fourth-order valence-corrected chi connectivity index (χ4v) is 2.83. The van der Waals surface area contributed by atoms with E-state index in [-0.39, 0.29) is 18.0 Å². The Morgan fingerprint density at radius 2 is 2.05 bits per heavy atom. The van der Waals surface area contributed by atoms with Gasteiger partial charge in [-0.1, -0.05) is 11.6 Å². The molecule has 0 saturated carbocycles. The van der Waals surface area contributed by atoms with Crippen molar-refractivity contribution in [1.82, 2.24) is 5.32 Å². The van der Waals surface area contributed by atoms with Gasteiger partial charge in [-0.15, -0.1) is 11.3 Å². The maximum absolute atomic E-state index is 12.8. The van der Waals surface area contributed by atoms with Gasteiger partial charge in [0.25, 0.3) is 0 Å². The van der Waals surface area contributed by atoms with Gasteiger partial charge in [0, 0.05) is 17.7 Å². The number of halogens is 2. The number of carbonyl (C=O) groups is 1. The molecule has 0 fully saturated rings. The second kappa shape index (κ2) is 7.40. The molecule has 4 nitrogen and oxygen atoms in total. The predicted octanol–water partition coefficient (Wildman–Crippen LogP) is 4.05. The lowest BCUT2D eigenvalue weighted by Gasteiger charge is -2.15. The van der Waals surface area contributed by atoms with Crippen molar-refractivity contribution in [2.45, 2.75) is 6.10 Å². The summed E-state index contributed by atoms with van der Waals surface area (Å²) in [6.45, 7) is 0.306. The van der Waals surface area contributed by atoms with Gasteiger partial charge in [-0.3, -0.25) is 0 Å². The molecule has 0 saturated heterocycles. The van der Waals surface area contributed by atoms with E-state index in [0.717, 1.165) is 4.88 Å². The van der Waals surface area contributed by atoms with Crippen molar-refractivity contribution in [3.63, 3.8) is 0 Å². The van der Waals surface area contributed by atoms with Crippen LogP contribution in [-0.2, 0) is 4.74 Å². The minimum atomic E-state index is -0.383. The van der Waals surface area contributed by atoms with Crippen molar-refractivity contribution >= 4 is 34.7 Å². The highest BCUT2D eigenvalue weighted by Gasteiger charge is 2.14. The van der Waals surface area contributed by atoms with E-state index in [9.17, 15) is 9.18 Å². The number of methoxy groups -OCH3 is 1. The van der Waals surface area contributed by atoms with Gasteiger partial charge < -0.3 is 15.4 Å². The molecule has 0 aliphatic rings. The molecule has 1 heterocycles. The molecule has 1 atom stereocenters. The first-order chi connectivity index (χ1) is 10.1. The Morgan fingerprint density at radius 1 is 1.33 bits per heavy atom. The van der Waals surface area contributed by atoms with Gasteiger partial charge in [-0.05, 0) is 36.4 Å². The topological polar surface area (TPSA) is 50.4 Å². The molecular formula is C14H14ClFN2O2S. The third-order valence-corrected chi connectivity index (χ3v) is 4.07. The number of urea groups is 1. The quantitative estimate of drug-likeness (QED) is 0.870. The van der Waals surface area contributed by atoms with Crippen molar-refractivity contribution in [3.8, 4) is 0 Å². The van der Waals surface area contributed by atoms with Crippen LogP contribution in [0.3, 0.4) is 0 Å². The van der Waals surface area contributed by atoms with E-state index in [0.29, 0.717) is 16.6 Å². The Hall–Kier alpha value is -1.63. The molecule has 2 amide bonds. The van der Waals surface area contributed by atoms with Crippen LogP contribution < -0.4 is 10.6 Å². The third kappa shape index (κ3) is 4.70. The average Bonchev–Trinajstić information content (AvgIpc) is 2.89. The van der Waals surface area contributed by atoms with E-state index >= 15 is 0 Å².